The van der Waals surface area contributed by atoms with Gasteiger partial charge in [0.25, 0.3) is 5.91 Å². The van der Waals surface area contributed by atoms with Crippen LogP contribution in [0.15, 0.2) is 59.1 Å². The topological polar surface area (TPSA) is 55.6 Å². The molecule has 0 aliphatic carbocycles. The van der Waals surface area contributed by atoms with Crippen molar-refractivity contribution in [3.63, 3.8) is 0 Å². The van der Waals surface area contributed by atoms with Crippen LogP contribution in [-0.4, -0.2) is 29.6 Å². The standard InChI is InChI=1S/C21H19ClN2O3/c1-26-17-9-7-14(8-10-17)19-6-3-11-24(19)21(25)18-13-20(27-23-18)15-4-2-5-16(22)12-15/h2,4-5,7-10,12-13,19H,3,6,11H2,1H3/t19-/m0/s1. The Morgan fingerprint density at radius 3 is 2.78 bits per heavy atom. The zero-order valence-electron chi connectivity index (χ0n) is 14.9. The van der Waals surface area contributed by atoms with E-state index in [4.69, 9.17) is 20.9 Å². The maximum absolute atomic E-state index is 13.0. The molecule has 1 aromatic heterocycles. The van der Waals surface area contributed by atoms with Crippen LogP contribution in [0, 0.1) is 0 Å². The lowest BCUT2D eigenvalue weighted by atomic mass is 10.0. The molecule has 1 atom stereocenters. The second-order valence-electron chi connectivity index (χ2n) is 6.52. The lowest BCUT2D eigenvalue weighted by Crippen LogP contribution is -2.30. The molecule has 1 aliphatic heterocycles. The van der Waals surface area contributed by atoms with Crippen molar-refractivity contribution in [3.05, 3.63) is 70.9 Å². The minimum absolute atomic E-state index is 0.0368. The van der Waals surface area contributed by atoms with Crippen molar-refractivity contribution in [2.45, 2.75) is 18.9 Å². The van der Waals surface area contributed by atoms with Crippen LogP contribution in [0.2, 0.25) is 5.02 Å². The number of benzene rings is 2. The molecule has 0 radical (unpaired) electrons. The largest absolute Gasteiger partial charge is 0.497 e. The SMILES string of the molecule is COc1ccc([C@@H]2CCCN2C(=O)c2cc(-c3cccc(Cl)c3)on2)cc1. The van der Waals surface area contributed by atoms with Crippen molar-refractivity contribution in [1.29, 1.82) is 0 Å². The van der Waals surface area contributed by atoms with Crippen molar-refractivity contribution >= 4 is 17.5 Å². The van der Waals surface area contributed by atoms with Gasteiger partial charge in [-0.05, 0) is 42.7 Å². The smallest absolute Gasteiger partial charge is 0.276 e. The Labute approximate surface area is 162 Å². The van der Waals surface area contributed by atoms with E-state index in [2.05, 4.69) is 5.16 Å². The molecular weight excluding hydrogens is 364 g/mol. The third-order valence-corrected chi connectivity index (χ3v) is 5.09. The van der Waals surface area contributed by atoms with Crippen molar-refractivity contribution in [2.75, 3.05) is 13.7 Å². The summed E-state index contributed by atoms with van der Waals surface area (Å²) < 4.78 is 10.6. The number of methoxy groups -OCH3 is 1. The van der Waals surface area contributed by atoms with Crippen LogP contribution >= 0.6 is 11.6 Å². The zero-order chi connectivity index (χ0) is 18.8. The van der Waals surface area contributed by atoms with E-state index < -0.39 is 0 Å². The molecule has 1 saturated heterocycles. The van der Waals surface area contributed by atoms with Crippen LogP contribution in [0.3, 0.4) is 0 Å². The van der Waals surface area contributed by atoms with Gasteiger partial charge in [0.1, 0.15) is 5.75 Å². The van der Waals surface area contributed by atoms with E-state index in [9.17, 15) is 4.79 Å². The number of hydrogen-bond acceptors (Lipinski definition) is 4. The number of halogens is 1. The average Bonchev–Trinajstić information content (AvgIpc) is 3.37. The summed E-state index contributed by atoms with van der Waals surface area (Å²) in [6.07, 6.45) is 1.89. The van der Waals surface area contributed by atoms with Gasteiger partial charge in [0.2, 0.25) is 0 Å². The Hall–Kier alpha value is -2.79. The van der Waals surface area contributed by atoms with Crippen molar-refractivity contribution in [3.8, 4) is 17.1 Å². The van der Waals surface area contributed by atoms with Gasteiger partial charge < -0.3 is 14.2 Å². The Bertz CT molecular complexity index is 952. The minimum Gasteiger partial charge on any atom is -0.497 e. The fourth-order valence-electron chi connectivity index (χ4n) is 3.48. The molecule has 6 heteroatoms. The first kappa shape index (κ1) is 17.6. The molecule has 4 rings (SSSR count). The number of aromatic nitrogens is 1. The van der Waals surface area contributed by atoms with Crippen LogP contribution in [0.5, 0.6) is 5.75 Å². The van der Waals surface area contributed by atoms with Gasteiger partial charge in [-0.1, -0.05) is 41.0 Å². The molecule has 1 fully saturated rings. The van der Waals surface area contributed by atoms with Gasteiger partial charge in [0.05, 0.1) is 13.2 Å². The normalized spacial score (nSPS) is 16.5. The summed E-state index contributed by atoms with van der Waals surface area (Å²) in [6, 6.07) is 16.9. The zero-order valence-corrected chi connectivity index (χ0v) is 15.6. The van der Waals surface area contributed by atoms with Gasteiger partial charge in [-0.15, -0.1) is 0 Å². The van der Waals surface area contributed by atoms with Crippen molar-refractivity contribution < 1.29 is 14.1 Å². The van der Waals surface area contributed by atoms with E-state index in [0.29, 0.717) is 23.0 Å². The molecule has 0 saturated carbocycles. The number of rotatable bonds is 4. The number of hydrogen-bond donors (Lipinski definition) is 0. The molecule has 2 heterocycles. The molecule has 0 bridgehead atoms. The summed E-state index contributed by atoms with van der Waals surface area (Å²) in [5, 5.41) is 4.60. The van der Waals surface area contributed by atoms with E-state index in [0.717, 1.165) is 29.7 Å². The number of nitrogens with zero attached hydrogens (tertiary/aromatic N) is 2. The van der Waals surface area contributed by atoms with Gasteiger partial charge in [0, 0.05) is 23.2 Å². The summed E-state index contributed by atoms with van der Waals surface area (Å²) in [5.41, 5.74) is 2.20. The minimum atomic E-state index is -0.120. The predicted octanol–water partition coefficient (Wildman–Crippen LogP) is 4.98. The highest BCUT2D eigenvalue weighted by Gasteiger charge is 2.32. The summed E-state index contributed by atoms with van der Waals surface area (Å²) in [5.74, 6) is 1.21. The first-order chi connectivity index (χ1) is 13.2. The maximum Gasteiger partial charge on any atom is 0.276 e. The van der Waals surface area contributed by atoms with Gasteiger partial charge in [-0.25, -0.2) is 0 Å². The number of ether oxygens (including phenoxy) is 1. The molecule has 0 unspecified atom stereocenters. The highest BCUT2D eigenvalue weighted by atomic mass is 35.5. The lowest BCUT2D eigenvalue weighted by molar-refractivity contribution is 0.0725. The van der Waals surface area contributed by atoms with Crippen molar-refractivity contribution in [1.82, 2.24) is 10.1 Å². The Balaban J connectivity index is 1.56. The Kier molecular flexibility index (Phi) is 4.86. The van der Waals surface area contributed by atoms with E-state index in [1.165, 1.54) is 0 Å². The van der Waals surface area contributed by atoms with Crippen molar-refractivity contribution in [2.24, 2.45) is 0 Å². The molecule has 2 aromatic carbocycles. The molecule has 0 spiro atoms. The predicted molar refractivity (Wildman–Crippen MR) is 103 cm³/mol. The van der Waals surface area contributed by atoms with Gasteiger partial charge in [-0.3, -0.25) is 4.79 Å². The van der Waals surface area contributed by atoms with Gasteiger partial charge in [-0.2, -0.15) is 0 Å². The Morgan fingerprint density at radius 1 is 1.22 bits per heavy atom. The van der Waals surface area contributed by atoms with Crippen LogP contribution in [0.4, 0.5) is 0 Å². The van der Waals surface area contributed by atoms with E-state index in [-0.39, 0.29) is 11.9 Å². The van der Waals surface area contributed by atoms with Gasteiger partial charge in [0.15, 0.2) is 11.5 Å². The Morgan fingerprint density at radius 2 is 2.04 bits per heavy atom. The van der Waals surface area contributed by atoms with Crippen LogP contribution < -0.4 is 4.74 Å². The number of likely N-dealkylation sites (tertiary alicyclic amines) is 1. The van der Waals surface area contributed by atoms with E-state index in [1.807, 2.05) is 41.3 Å². The molecule has 0 N–H and O–H groups in total. The molecule has 3 aromatic rings. The fourth-order valence-corrected chi connectivity index (χ4v) is 3.67. The van der Waals surface area contributed by atoms with Crippen LogP contribution in [0.1, 0.15) is 34.9 Å². The average molecular weight is 383 g/mol. The van der Waals surface area contributed by atoms with E-state index in [1.54, 1.807) is 25.3 Å². The maximum atomic E-state index is 13.0. The highest BCUT2D eigenvalue weighted by Crippen LogP contribution is 2.34. The lowest BCUT2D eigenvalue weighted by Gasteiger charge is -2.24. The first-order valence-corrected chi connectivity index (χ1v) is 9.21. The highest BCUT2D eigenvalue weighted by molar-refractivity contribution is 6.30. The summed E-state index contributed by atoms with van der Waals surface area (Å²) in [6.45, 7) is 0.703. The first-order valence-electron chi connectivity index (χ1n) is 8.83. The third-order valence-electron chi connectivity index (χ3n) is 4.85. The summed E-state index contributed by atoms with van der Waals surface area (Å²) >= 11 is 6.03. The molecule has 1 amide bonds. The molecule has 138 valence electrons. The fraction of sp³-hybridized carbons (Fsp3) is 0.238. The summed E-state index contributed by atoms with van der Waals surface area (Å²) in [4.78, 5) is 14.9. The number of carbonyl (C=O) groups is 1. The quantitative estimate of drug-likeness (QED) is 0.638. The molecular formula is C21H19ClN2O3. The number of carbonyl (C=O) groups excluding carboxylic acids is 1. The van der Waals surface area contributed by atoms with E-state index >= 15 is 0 Å². The number of amides is 1. The second kappa shape index (κ2) is 7.45. The molecule has 1 aliphatic rings. The monoisotopic (exact) mass is 382 g/mol. The summed E-state index contributed by atoms with van der Waals surface area (Å²) in [7, 11) is 1.64. The third kappa shape index (κ3) is 3.55. The molecule has 5 nitrogen and oxygen atoms in total. The van der Waals surface area contributed by atoms with Gasteiger partial charge >= 0.3 is 0 Å². The van der Waals surface area contributed by atoms with Crippen LogP contribution in [0.25, 0.3) is 11.3 Å². The second-order valence-corrected chi connectivity index (χ2v) is 6.95. The van der Waals surface area contributed by atoms with Crippen LogP contribution in [-0.2, 0) is 0 Å². The molecule has 27 heavy (non-hydrogen) atoms.